The van der Waals surface area contributed by atoms with Crippen molar-refractivity contribution in [2.24, 2.45) is 0 Å². The maximum Gasteiger partial charge on any atom is 0.416 e. The molecule has 0 aliphatic carbocycles. The van der Waals surface area contributed by atoms with Crippen molar-refractivity contribution in [2.45, 2.75) is 24.7 Å². The summed E-state index contributed by atoms with van der Waals surface area (Å²) >= 11 is 5.75. The van der Waals surface area contributed by atoms with Crippen LogP contribution in [-0.2, 0) is 6.18 Å². The van der Waals surface area contributed by atoms with Gasteiger partial charge in [0.25, 0.3) is 0 Å². The maximum absolute atomic E-state index is 13.4. The lowest BCUT2D eigenvalue weighted by atomic mass is 10.0. The fraction of sp³-hybridized carbons (Fsp3) is 0.214. The van der Waals surface area contributed by atoms with Gasteiger partial charge in [0.2, 0.25) is 0 Å². The zero-order valence-electron chi connectivity index (χ0n) is 19.9. The molecule has 2 aromatic carbocycles. The molecule has 5 nitrogen and oxygen atoms in total. The fourth-order valence-electron chi connectivity index (χ4n) is 4.71. The monoisotopic (exact) mass is 521 g/mol. The predicted molar refractivity (Wildman–Crippen MR) is 142 cm³/mol. The van der Waals surface area contributed by atoms with E-state index in [0.717, 1.165) is 36.1 Å². The van der Waals surface area contributed by atoms with Gasteiger partial charge in [-0.15, -0.1) is 0 Å². The zero-order valence-corrected chi connectivity index (χ0v) is 20.7. The maximum atomic E-state index is 13.4. The van der Waals surface area contributed by atoms with Crippen molar-refractivity contribution in [2.75, 3.05) is 18.4 Å². The van der Waals surface area contributed by atoms with Crippen molar-refractivity contribution < 1.29 is 13.2 Å². The minimum atomic E-state index is -4.42. The third kappa shape index (κ3) is 5.46. The Bertz CT molecular complexity index is 1340. The van der Waals surface area contributed by atoms with E-state index >= 15 is 0 Å². The van der Waals surface area contributed by atoms with Crippen molar-refractivity contribution >= 4 is 23.0 Å². The molecule has 1 saturated heterocycles. The van der Waals surface area contributed by atoms with Crippen LogP contribution in [0.2, 0.25) is 0 Å². The standard InChI is InChI=1S/C28H26F3N5S/c29-28(30,31)20-9-6-12-22(19-20)35-17-7-14-24(35)26-25(23-13-4-5-15-33-23)34-27(37)36(26)18-8-16-32-21-10-2-1-3-11-21/h1-7,9-15,17,19,25-26,32H,8,16,18H2,(H,34,37)/t25-,26+/m1/s1. The molecule has 190 valence electrons. The van der Waals surface area contributed by atoms with Gasteiger partial charge in [0, 0.05) is 42.6 Å². The van der Waals surface area contributed by atoms with Crippen LogP contribution >= 0.6 is 12.2 Å². The highest BCUT2D eigenvalue weighted by atomic mass is 32.1. The number of rotatable bonds is 8. The summed E-state index contributed by atoms with van der Waals surface area (Å²) in [5.74, 6) is 0. The van der Waals surface area contributed by atoms with Crippen LogP contribution in [0.5, 0.6) is 0 Å². The van der Waals surface area contributed by atoms with Crippen LogP contribution < -0.4 is 10.6 Å². The van der Waals surface area contributed by atoms with Crippen LogP contribution in [0, 0.1) is 0 Å². The normalized spacial score (nSPS) is 17.6. The third-order valence-electron chi connectivity index (χ3n) is 6.41. The van der Waals surface area contributed by atoms with Gasteiger partial charge in [0.15, 0.2) is 5.11 Å². The van der Waals surface area contributed by atoms with E-state index in [-0.39, 0.29) is 12.1 Å². The molecule has 0 spiro atoms. The van der Waals surface area contributed by atoms with Crippen LogP contribution in [0.1, 0.15) is 35.5 Å². The molecule has 4 aromatic rings. The minimum Gasteiger partial charge on any atom is -0.385 e. The highest BCUT2D eigenvalue weighted by Crippen LogP contribution is 2.40. The molecule has 0 saturated carbocycles. The Morgan fingerprint density at radius 1 is 0.946 bits per heavy atom. The van der Waals surface area contributed by atoms with Gasteiger partial charge in [-0.05, 0) is 73.2 Å². The minimum absolute atomic E-state index is 0.254. The molecule has 5 rings (SSSR count). The number of aromatic nitrogens is 2. The number of nitrogens with zero attached hydrogens (tertiary/aromatic N) is 3. The van der Waals surface area contributed by atoms with E-state index in [1.165, 1.54) is 12.1 Å². The number of para-hydroxylation sites is 1. The quantitative estimate of drug-likeness (QED) is 0.209. The molecule has 1 aliphatic rings. The van der Waals surface area contributed by atoms with E-state index in [1.807, 2.05) is 60.7 Å². The van der Waals surface area contributed by atoms with Gasteiger partial charge in [0.1, 0.15) is 0 Å². The van der Waals surface area contributed by atoms with E-state index in [1.54, 1.807) is 23.0 Å². The fourth-order valence-corrected chi connectivity index (χ4v) is 5.04. The second-order valence-electron chi connectivity index (χ2n) is 8.82. The van der Waals surface area contributed by atoms with Gasteiger partial charge < -0.3 is 20.1 Å². The molecule has 0 unspecified atom stereocenters. The Morgan fingerprint density at radius 3 is 2.51 bits per heavy atom. The second kappa shape index (κ2) is 10.6. The molecule has 1 aliphatic heterocycles. The SMILES string of the molecule is FC(F)(F)c1cccc(-n2cccc2[C@H]2[C@@H](c3ccccn3)NC(=S)N2CCCNc2ccccc2)c1. The van der Waals surface area contributed by atoms with Crippen molar-refractivity contribution in [3.8, 4) is 5.69 Å². The Hall–Kier alpha value is -3.85. The van der Waals surface area contributed by atoms with Crippen LogP contribution in [0.4, 0.5) is 18.9 Å². The van der Waals surface area contributed by atoms with E-state index in [2.05, 4.69) is 20.5 Å². The summed E-state index contributed by atoms with van der Waals surface area (Å²) in [5.41, 5.74) is 2.45. The predicted octanol–water partition coefficient (Wildman–Crippen LogP) is 6.37. The van der Waals surface area contributed by atoms with Gasteiger partial charge in [-0.2, -0.15) is 13.2 Å². The lowest BCUT2D eigenvalue weighted by Gasteiger charge is -2.29. The van der Waals surface area contributed by atoms with E-state index in [4.69, 9.17) is 12.2 Å². The number of hydrogen-bond donors (Lipinski definition) is 2. The zero-order chi connectivity index (χ0) is 25.8. The molecule has 0 amide bonds. The highest BCUT2D eigenvalue weighted by Gasteiger charge is 2.41. The Labute approximate surface area is 219 Å². The molecule has 37 heavy (non-hydrogen) atoms. The smallest absolute Gasteiger partial charge is 0.385 e. The topological polar surface area (TPSA) is 45.1 Å². The number of thiocarbonyl (C=S) groups is 1. The second-order valence-corrected chi connectivity index (χ2v) is 9.20. The third-order valence-corrected chi connectivity index (χ3v) is 6.76. The molecular formula is C28H26F3N5S. The lowest BCUT2D eigenvalue weighted by molar-refractivity contribution is -0.137. The van der Waals surface area contributed by atoms with Crippen molar-refractivity contribution in [3.63, 3.8) is 0 Å². The average molecular weight is 522 g/mol. The first kappa shape index (κ1) is 24.8. The number of hydrogen-bond acceptors (Lipinski definition) is 3. The van der Waals surface area contributed by atoms with Gasteiger partial charge in [-0.1, -0.05) is 30.3 Å². The highest BCUT2D eigenvalue weighted by molar-refractivity contribution is 7.80. The van der Waals surface area contributed by atoms with Crippen LogP contribution in [0.3, 0.4) is 0 Å². The van der Waals surface area contributed by atoms with Crippen LogP contribution in [0.15, 0.2) is 97.3 Å². The van der Waals surface area contributed by atoms with Crippen molar-refractivity contribution in [1.82, 2.24) is 19.8 Å². The molecule has 3 heterocycles. The summed E-state index contributed by atoms with van der Waals surface area (Å²) in [6.07, 6.45) is -0.0905. The summed E-state index contributed by atoms with van der Waals surface area (Å²) in [6, 6.07) is 24.3. The van der Waals surface area contributed by atoms with Gasteiger partial charge in [0.05, 0.1) is 23.3 Å². The molecule has 2 atom stereocenters. The molecule has 0 bridgehead atoms. The van der Waals surface area contributed by atoms with E-state index < -0.39 is 11.7 Å². The van der Waals surface area contributed by atoms with Crippen LogP contribution in [-0.4, -0.2) is 32.7 Å². The van der Waals surface area contributed by atoms with Crippen molar-refractivity contribution in [3.05, 3.63) is 114 Å². The van der Waals surface area contributed by atoms with E-state index in [9.17, 15) is 13.2 Å². The molecule has 2 N–H and O–H groups in total. The van der Waals surface area contributed by atoms with E-state index in [0.29, 0.717) is 17.3 Å². The first-order valence-corrected chi connectivity index (χ1v) is 12.4. The average Bonchev–Trinajstić information content (AvgIpc) is 3.52. The summed E-state index contributed by atoms with van der Waals surface area (Å²) in [5, 5.41) is 7.43. The number of halogens is 3. The first-order chi connectivity index (χ1) is 17.9. The summed E-state index contributed by atoms with van der Waals surface area (Å²) in [4.78, 5) is 6.67. The summed E-state index contributed by atoms with van der Waals surface area (Å²) < 4.78 is 42.1. The summed E-state index contributed by atoms with van der Waals surface area (Å²) in [7, 11) is 0. The van der Waals surface area contributed by atoms with Crippen LogP contribution in [0.25, 0.3) is 5.69 Å². The first-order valence-electron chi connectivity index (χ1n) is 12.0. The largest absolute Gasteiger partial charge is 0.416 e. The molecular weight excluding hydrogens is 495 g/mol. The summed E-state index contributed by atoms with van der Waals surface area (Å²) in [6.45, 7) is 1.41. The molecule has 2 aromatic heterocycles. The Kier molecular flexibility index (Phi) is 7.14. The lowest BCUT2D eigenvalue weighted by Crippen LogP contribution is -2.32. The van der Waals surface area contributed by atoms with Gasteiger partial charge >= 0.3 is 6.18 Å². The number of pyridine rings is 1. The molecule has 9 heteroatoms. The Morgan fingerprint density at radius 2 is 1.76 bits per heavy atom. The number of benzene rings is 2. The number of nitrogens with one attached hydrogen (secondary N) is 2. The van der Waals surface area contributed by atoms with Gasteiger partial charge in [-0.25, -0.2) is 0 Å². The molecule has 0 radical (unpaired) electrons. The number of anilines is 1. The Balaban J connectivity index is 1.45. The number of alkyl halides is 3. The van der Waals surface area contributed by atoms with Crippen molar-refractivity contribution in [1.29, 1.82) is 0 Å². The molecule has 1 fully saturated rings. The van der Waals surface area contributed by atoms with Gasteiger partial charge in [-0.3, -0.25) is 4.98 Å².